The molecule has 0 fully saturated rings. The summed E-state index contributed by atoms with van der Waals surface area (Å²) in [5.41, 5.74) is 6.92. The van der Waals surface area contributed by atoms with Gasteiger partial charge in [0.2, 0.25) is 5.91 Å². The molecule has 1 amide bonds. The molecule has 1 aromatic carbocycles. The molecule has 0 unspecified atom stereocenters. The molecular formula is C13H15NO3. The van der Waals surface area contributed by atoms with E-state index in [0.717, 1.165) is 11.1 Å². The van der Waals surface area contributed by atoms with Crippen molar-refractivity contribution in [1.82, 2.24) is 0 Å². The fraction of sp³-hybridized carbons (Fsp3) is 0.231. The Balaban J connectivity index is 2.62. The molecule has 0 aromatic heterocycles. The molecule has 0 radical (unpaired) electrons. The van der Waals surface area contributed by atoms with Gasteiger partial charge in [-0.15, -0.1) is 0 Å². The Hall–Kier alpha value is -2.10. The van der Waals surface area contributed by atoms with Crippen molar-refractivity contribution < 1.29 is 14.7 Å². The van der Waals surface area contributed by atoms with Gasteiger partial charge in [0.1, 0.15) is 0 Å². The molecule has 0 spiro atoms. The molecule has 0 aliphatic carbocycles. The first-order valence-electron chi connectivity index (χ1n) is 5.33. The molecule has 0 bridgehead atoms. The van der Waals surface area contributed by atoms with Crippen LogP contribution in [0.4, 0.5) is 0 Å². The highest BCUT2D eigenvalue weighted by Gasteiger charge is 1.99. The molecule has 4 heteroatoms. The molecule has 0 saturated carbocycles. The third-order valence-corrected chi connectivity index (χ3v) is 2.21. The molecular weight excluding hydrogens is 218 g/mol. The van der Waals surface area contributed by atoms with E-state index in [2.05, 4.69) is 0 Å². The van der Waals surface area contributed by atoms with Crippen LogP contribution in [0.25, 0.3) is 6.08 Å². The fourth-order valence-corrected chi connectivity index (χ4v) is 1.41. The molecule has 0 saturated heterocycles. The van der Waals surface area contributed by atoms with Gasteiger partial charge in [0, 0.05) is 12.8 Å². The Morgan fingerprint density at radius 1 is 1.35 bits per heavy atom. The van der Waals surface area contributed by atoms with Gasteiger partial charge in [0.25, 0.3) is 0 Å². The summed E-state index contributed by atoms with van der Waals surface area (Å²) in [6.07, 6.45) is 4.33. The number of aliphatic carboxylic acids is 1. The van der Waals surface area contributed by atoms with Crippen LogP contribution in [-0.2, 0) is 16.0 Å². The number of hydrogen-bond acceptors (Lipinski definition) is 2. The van der Waals surface area contributed by atoms with Gasteiger partial charge in [0.15, 0.2) is 0 Å². The smallest absolute Gasteiger partial charge is 0.303 e. The molecule has 1 aromatic rings. The fourth-order valence-electron chi connectivity index (χ4n) is 1.41. The van der Waals surface area contributed by atoms with Gasteiger partial charge in [0.05, 0.1) is 0 Å². The number of carboxylic acid groups (broad SMARTS) is 1. The lowest BCUT2D eigenvalue weighted by Crippen LogP contribution is -2.07. The number of benzene rings is 1. The number of amides is 1. The molecule has 17 heavy (non-hydrogen) atoms. The molecule has 0 atom stereocenters. The zero-order valence-corrected chi connectivity index (χ0v) is 9.43. The van der Waals surface area contributed by atoms with E-state index in [-0.39, 0.29) is 18.7 Å². The van der Waals surface area contributed by atoms with Crippen molar-refractivity contribution in [3.63, 3.8) is 0 Å². The van der Waals surface area contributed by atoms with Gasteiger partial charge in [-0.05, 0) is 17.5 Å². The number of carboxylic acids is 1. The van der Waals surface area contributed by atoms with Crippen LogP contribution >= 0.6 is 0 Å². The van der Waals surface area contributed by atoms with E-state index in [1.54, 1.807) is 12.2 Å². The minimum absolute atomic E-state index is 0.119. The summed E-state index contributed by atoms with van der Waals surface area (Å²) in [5, 5.41) is 8.58. The van der Waals surface area contributed by atoms with Crippen molar-refractivity contribution in [3.8, 4) is 0 Å². The summed E-state index contributed by atoms with van der Waals surface area (Å²) in [7, 11) is 0. The second-order valence-corrected chi connectivity index (χ2v) is 3.71. The van der Waals surface area contributed by atoms with Crippen LogP contribution in [0.2, 0.25) is 0 Å². The summed E-state index contributed by atoms with van der Waals surface area (Å²) >= 11 is 0. The van der Waals surface area contributed by atoms with Gasteiger partial charge in [-0.2, -0.15) is 0 Å². The Labute approximate surface area is 99.8 Å². The largest absolute Gasteiger partial charge is 0.481 e. The second kappa shape index (κ2) is 6.48. The minimum Gasteiger partial charge on any atom is -0.481 e. The maximum atomic E-state index is 10.5. The molecule has 0 aliphatic rings. The van der Waals surface area contributed by atoms with E-state index in [9.17, 15) is 9.59 Å². The van der Waals surface area contributed by atoms with Crippen molar-refractivity contribution in [3.05, 3.63) is 41.5 Å². The predicted octanol–water partition coefficient (Wildman–Crippen LogP) is 1.59. The first-order valence-corrected chi connectivity index (χ1v) is 5.33. The van der Waals surface area contributed by atoms with Gasteiger partial charge in [-0.25, -0.2) is 0 Å². The number of carbonyl (C=O) groups excluding carboxylic acids is 1. The predicted molar refractivity (Wildman–Crippen MR) is 65.2 cm³/mol. The SMILES string of the molecule is NC(=O)CC=Cc1cccc(CCC(=O)O)c1. The van der Waals surface area contributed by atoms with E-state index in [1.807, 2.05) is 24.3 Å². The zero-order chi connectivity index (χ0) is 12.7. The van der Waals surface area contributed by atoms with E-state index in [1.165, 1.54) is 0 Å². The molecule has 0 aliphatic heterocycles. The van der Waals surface area contributed by atoms with Gasteiger partial charge in [-0.3, -0.25) is 9.59 Å². The van der Waals surface area contributed by atoms with E-state index < -0.39 is 5.97 Å². The topological polar surface area (TPSA) is 80.4 Å². The molecule has 4 nitrogen and oxygen atoms in total. The molecule has 0 heterocycles. The standard InChI is InChI=1S/C13H15NO3/c14-12(15)6-2-5-10-3-1-4-11(9-10)7-8-13(16)17/h1-5,9H,6-8H2,(H2,14,15)(H,16,17). The number of hydrogen-bond donors (Lipinski definition) is 2. The van der Waals surface area contributed by atoms with Crippen LogP contribution in [0.5, 0.6) is 0 Å². The number of nitrogens with two attached hydrogens (primary N) is 1. The second-order valence-electron chi connectivity index (χ2n) is 3.71. The van der Waals surface area contributed by atoms with E-state index >= 15 is 0 Å². The van der Waals surface area contributed by atoms with Crippen LogP contribution in [0.15, 0.2) is 30.3 Å². The number of carbonyl (C=O) groups is 2. The lowest BCUT2D eigenvalue weighted by molar-refractivity contribution is -0.137. The highest BCUT2D eigenvalue weighted by molar-refractivity contribution is 5.76. The maximum absolute atomic E-state index is 10.5. The molecule has 3 N–H and O–H groups in total. The van der Waals surface area contributed by atoms with Gasteiger partial charge in [-0.1, -0.05) is 36.4 Å². The average molecular weight is 233 g/mol. The Morgan fingerprint density at radius 3 is 2.76 bits per heavy atom. The zero-order valence-electron chi connectivity index (χ0n) is 9.43. The third kappa shape index (κ3) is 5.51. The molecule has 1 rings (SSSR count). The highest BCUT2D eigenvalue weighted by atomic mass is 16.4. The normalized spacial score (nSPS) is 10.6. The van der Waals surface area contributed by atoms with Crippen molar-refractivity contribution in [2.75, 3.05) is 0 Å². The van der Waals surface area contributed by atoms with Crippen molar-refractivity contribution >= 4 is 18.0 Å². The third-order valence-electron chi connectivity index (χ3n) is 2.21. The van der Waals surface area contributed by atoms with Crippen molar-refractivity contribution in [2.24, 2.45) is 5.73 Å². The van der Waals surface area contributed by atoms with E-state index in [0.29, 0.717) is 6.42 Å². The summed E-state index contributed by atoms with van der Waals surface area (Å²) in [4.78, 5) is 21.0. The summed E-state index contributed by atoms with van der Waals surface area (Å²) in [5.74, 6) is -1.18. The van der Waals surface area contributed by atoms with Gasteiger partial charge < -0.3 is 10.8 Å². The number of aryl methyl sites for hydroxylation is 1. The first kappa shape index (κ1) is 13.0. The monoisotopic (exact) mass is 233 g/mol. The lowest BCUT2D eigenvalue weighted by Gasteiger charge is -2.00. The lowest BCUT2D eigenvalue weighted by atomic mass is 10.1. The Morgan fingerprint density at radius 2 is 2.12 bits per heavy atom. The average Bonchev–Trinajstić information content (AvgIpc) is 2.26. The Kier molecular flexibility index (Phi) is 4.94. The van der Waals surface area contributed by atoms with Crippen LogP contribution in [0.3, 0.4) is 0 Å². The van der Waals surface area contributed by atoms with Crippen LogP contribution < -0.4 is 5.73 Å². The number of rotatable bonds is 6. The highest BCUT2D eigenvalue weighted by Crippen LogP contribution is 2.09. The van der Waals surface area contributed by atoms with E-state index in [4.69, 9.17) is 10.8 Å². The van der Waals surface area contributed by atoms with Crippen molar-refractivity contribution in [1.29, 1.82) is 0 Å². The maximum Gasteiger partial charge on any atom is 0.303 e. The quantitative estimate of drug-likeness (QED) is 0.783. The summed E-state index contributed by atoms with van der Waals surface area (Å²) < 4.78 is 0. The number of primary amides is 1. The molecule has 90 valence electrons. The first-order chi connectivity index (χ1) is 8.08. The minimum atomic E-state index is -0.806. The summed E-state index contributed by atoms with van der Waals surface area (Å²) in [6, 6.07) is 7.54. The van der Waals surface area contributed by atoms with Gasteiger partial charge >= 0.3 is 5.97 Å². The Bertz CT molecular complexity index is 438. The summed E-state index contributed by atoms with van der Waals surface area (Å²) in [6.45, 7) is 0. The van der Waals surface area contributed by atoms with Crippen LogP contribution in [-0.4, -0.2) is 17.0 Å². The van der Waals surface area contributed by atoms with Crippen LogP contribution in [0.1, 0.15) is 24.0 Å². The van der Waals surface area contributed by atoms with Crippen LogP contribution in [0, 0.1) is 0 Å². The van der Waals surface area contributed by atoms with Crippen molar-refractivity contribution in [2.45, 2.75) is 19.3 Å².